The summed E-state index contributed by atoms with van der Waals surface area (Å²) in [6.07, 6.45) is 1.31. The normalized spacial score (nSPS) is 12.2. The third kappa shape index (κ3) is 7.75. The van der Waals surface area contributed by atoms with Crippen molar-refractivity contribution in [3.8, 4) is 5.75 Å². The second-order valence-electron chi connectivity index (χ2n) is 8.30. The van der Waals surface area contributed by atoms with Crippen molar-refractivity contribution >= 4 is 50.7 Å². The van der Waals surface area contributed by atoms with Gasteiger partial charge >= 0.3 is 0 Å². The van der Waals surface area contributed by atoms with Crippen molar-refractivity contribution < 1.29 is 22.7 Å². The van der Waals surface area contributed by atoms with Crippen LogP contribution in [0.15, 0.2) is 42.5 Å². The van der Waals surface area contributed by atoms with Crippen LogP contribution in [0.4, 0.5) is 5.69 Å². The smallest absolute Gasteiger partial charge is 0.244 e. The number of anilines is 1. The van der Waals surface area contributed by atoms with Crippen LogP contribution in [0.2, 0.25) is 10.0 Å². The van der Waals surface area contributed by atoms with Gasteiger partial charge in [-0.25, -0.2) is 8.42 Å². The van der Waals surface area contributed by atoms with Crippen LogP contribution in [0, 0.1) is 0 Å². The Bertz CT molecular complexity index is 1140. The Morgan fingerprint density at radius 1 is 1.09 bits per heavy atom. The standard InChI is InChI=1S/C24H31Cl2N3O5S/c1-6-20(24(31)27-16(2)3)28(14-17-10-12-18(34-4)13-11-17)22(30)15-29(35(5,32)33)21-9-7-8-19(25)23(21)26/h7-13,16,20H,6,14-15H2,1-5H3,(H,27,31)/t20-/m1/s1. The zero-order valence-electron chi connectivity index (χ0n) is 20.4. The van der Waals surface area contributed by atoms with Gasteiger partial charge in [0.1, 0.15) is 18.3 Å². The quantitative estimate of drug-likeness (QED) is 0.460. The molecule has 1 atom stereocenters. The average molecular weight is 545 g/mol. The number of carbonyl (C=O) groups is 2. The van der Waals surface area contributed by atoms with Crippen LogP contribution in [0.3, 0.4) is 0 Å². The average Bonchev–Trinajstić information content (AvgIpc) is 2.78. The van der Waals surface area contributed by atoms with Gasteiger partial charge in [-0.05, 0) is 50.1 Å². The summed E-state index contributed by atoms with van der Waals surface area (Å²) < 4.78 is 31.4. The zero-order valence-corrected chi connectivity index (χ0v) is 22.7. The summed E-state index contributed by atoms with van der Waals surface area (Å²) in [7, 11) is -2.36. The van der Waals surface area contributed by atoms with Crippen LogP contribution >= 0.6 is 23.2 Å². The first kappa shape index (κ1) is 28.7. The summed E-state index contributed by atoms with van der Waals surface area (Å²) in [6.45, 7) is 4.98. The molecule has 0 spiro atoms. The number of nitrogens with one attached hydrogen (secondary N) is 1. The molecule has 1 N–H and O–H groups in total. The predicted molar refractivity (Wildman–Crippen MR) is 140 cm³/mol. The number of rotatable bonds is 11. The first-order valence-corrected chi connectivity index (χ1v) is 13.6. The lowest BCUT2D eigenvalue weighted by Gasteiger charge is -2.33. The van der Waals surface area contributed by atoms with Crippen molar-refractivity contribution in [3.05, 3.63) is 58.1 Å². The Kier molecular flexibility index (Phi) is 10.2. The van der Waals surface area contributed by atoms with Gasteiger partial charge in [0.15, 0.2) is 0 Å². The lowest BCUT2D eigenvalue weighted by Crippen LogP contribution is -2.53. The van der Waals surface area contributed by atoms with Crippen molar-refractivity contribution in [3.63, 3.8) is 0 Å². The number of methoxy groups -OCH3 is 1. The minimum atomic E-state index is -3.91. The molecule has 2 amide bonds. The number of hydrogen-bond acceptors (Lipinski definition) is 5. The Labute approximate surface area is 217 Å². The summed E-state index contributed by atoms with van der Waals surface area (Å²) >= 11 is 12.4. The van der Waals surface area contributed by atoms with Crippen molar-refractivity contribution in [2.75, 3.05) is 24.2 Å². The fourth-order valence-electron chi connectivity index (χ4n) is 3.51. The molecule has 0 aromatic heterocycles. The summed E-state index contributed by atoms with van der Waals surface area (Å²) in [5, 5.41) is 3.01. The first-order chi connectivity index (χ1) is 16.4. The fraction of sp³-hybridized carbons (Fsp3) is 0.417. The van der Waals surface area contributed by atoms with Gasteiger partial charge in [-0.15, -0.1) is 0 Å². The van der Waals surface area contributed by atoms with Crippen molar-refractivity contribution in [1.82, 2.24) is 10.2 Å². The number of nitrogens with zero attached hydrogens (tertiary/aromatic N) is 2. The highest BCUT2D eigenvalue weighted by atomic mass is 35.5. The number of benzene rings is 2. The fourth-order valence-corrected chi connectivity index (χ4v) is 4.81. The third-order valence-corrected chi connectivity index (χ3v) is 7.14. The Morgan fingerprint density at radius 2 is 1.71 bits per heavy atom. The maximum Gasteiger partial charge on any atom is 0.244 e. The minimum absolute atomic E-state index is 0.0127. The molecule has 0 radical (unpaired) electrons. The molecule has 0 heterocycles. The molecule has 0 saturated heterocycles. The monoisotopic (exact) mass is 543 g/mol. The van der Waals surface area contributed by atoms with E-state index in [1.807, 2.05) is 13.8 Å². The molecular formula is C24H31Cl2N3O5S. The summed E-state index contributed by atoms with van der Waals surface area (Å²) in [5.74, 6) is -0.237. The van der Waals surface area contributed by atoms with Gasteiger partial charge in [0.05, 0.1) is 29.1 Å². The van der Waals surface area contributed by atoms with Crippen molar-refractivity contribution in [2.24, 2.45) is 0 Å². The zero-order chi connectivity index (χ0) is 26.3. The van der Waals surface area contributed by atoms with Gasteiger partial charge in [0.25, 0.3) is 0 Å². The summed E-state index contributed by atoms with van der Waals surface area (Å²) in [4.78, 5) is 28.0. The van der Waals surface area contributed by atoms with Crippen LogP contribution in [0.25, 0.3) is 0 Å². The van der Waals surface area contributed by atoms with E-state index in [0.717, 1.165) is 16.1 Å². The second-order valence-corrected chi connectivity index (χ2v) is 11.0. The topological polar surface area (TPSA) is 96.0 Å². The van der Waals surface area contributed by atoms with Crippen LogP contribution in [-0.4, -0.2) is 57.1 Å². The number of amides is 2. The molecule has 0 aliphatic carbocycles. The van der Waals surface area contributed by atoms with E-state index < -0.39 is 28.5 Å². The Hall–Kier alpha value is -2.49. The van der Waals surface area contributed by atoms with Crippen LogP contribution in [0.5, 0.6) is 5.75 Å². The van der Waals surface area contributed by atoms with E-state index in [1.54, 1.807) is 44.4 Å². The lowest BCUT2D eigenvalue weighted by molar-refractivity contribution is -0.140. The summed E-state index contributed by atoms with van der Waals surface area (Å²) in [5.41, 5.74) is 0.834. The molecule has 192 valence electrons. The maximum absolute atomic E-state index is 13.6. The highest BCUT2D eigenvalue weighted by molar-refractivity contribution is 7.92. The number of sulfonamides is 1. The molecule has 0 aliphatic heterocycles. The molecule has 2 aromatic carbocycles. The van der Waals surface area contributed by atoms with Crippen LogP contribution in [-0.2, 0) is 26.2 Å². The van der Waals surface area contributed by atoms with E-state index in [-0.39, 0.29) is 34.2 Å². The van der Waals surface area contributed by atoms with E-state index in [4.69, 9.17) is 27.9 Å². The molecule has 0 saturated carbocycles. The molecule has 0 bridgehead atoms. The lowest BCUT2D eigenvalue weighted by atomic mass is 10.1. The van der Waals surface area contributed by atoms with E-state index in [0.29, 0.717) is 12.2 Å². The summed E-state index contributed by atoms with van der Waals surface area (Å²) in [6, 6.07) is 10.7. The first-order valence-electron chi connectivity index (χ1n) is 11.0. The molecule has 0 fully saturated rings. The number of hydrogen-bond donors (Lipinski definition) is 1. The molecule has 8 nitrogen and oxygen atoms in total. The van der Waals surface area contributed by atoms with E-state index in [1.165, 1.54) is 17.0 Å². The van der Waals surface area contributed by atoms with Gasteiger partial charge in [0.2, 0.25) is 21.8 Å². The molecule has 0 aliphatic rings. The minimum Gasteiger partial charge on any atom is -0.497 e. The van der Waals surface area contributed by atoms with E-state index in [2.05, 4.69) is 5.32 Å². The highest BCUT2D eigenvalue weighted by Crippen LogP contribution is 2.33. The van der Waals surface area contributed by atoms with Gasteiger partial charge in [-0.2, -0.15) is 0 Å². The SMILES string of the molecule is CC[C@H](C(=O)NC(C)C)N(Cc1ccc(OC)cc1)C(=O)CN(c1cccc(Cl)c1Cl)S(C)(=O)=O. The van der Waals surface area contributed by atoms with Crippen molar-refractivity contribution in [2.45, 2.75) is 45.8 Å². The molecule has 11 heteroatoms. The van der Waals surface area contributed by atoms with Gasteiger partial charge in [-0.1, -0.05) is 48.3 Å². The second kappa shape index (κ2) is 12.5. The van der Waals surface area contributed by atoms with Crippen LogP contribution in [0.1, 0.15) is 32.8 Å². The number of halogens is 2. The Balaban J connectivity index is 2.48. The molecule has 0 unspecified atom stereocenters. The Morgan fingerprint density at radius 3 is 2.23 bits per heavy atom. The number of ether oxygens (including phenoxy) is 1. The van der Waals surface area contributed by atoms with Gasteiger partial charge in [-0.3, -0.25) is 13.9 Å². The maximum atomic E-state index is 13.6. The van der Waals surface area contributed by atoms with E-state index >= 15 is 0 Å². The molecular weight excluding hydrogens is 513 g/mol. The van der Waals surface area contributed by atoms with Gasteiger partial charge in [0, 0.05) is 12.6 Å². The van der Waals surface area contributed by atoms with Crippen LogP contribution < -0.4 is 14.4 Å². The predicted octanol–water partition coefficient (Wildman–Crippen LogP) is 4.10. The highest BCUT2D eigenvalue weighted by Gasteiger charge is 2.32. The molecule has 35 heavy (non-hydrogen) atoms. The third-order valence-electron chi connectivity index (χ3n) is 5.21. The number of carbonyl (C=O) groups excluding carboxylic acids is 2. The molecule has 2 aromatic rings. The molecule has 2 rings (SSSR count). The largest absolute Gasteiger partial charge is 0.497 e. The van der Waals surface area contributed by atoms with Crippen molar-refractivity contribution in [1.29, 1.82) is 0 Å². The van der Waals surface area contributed by atoms with Gasteiger partial charge < -0.3 is 15.0 Å². The van der Waals surface area contributed by atoms with E-state index in [9.17, 15) is 18.0 Å².